The number of ether oxygens (including phenoxy) is 1. The van der Waals surface area contributed by atoms with Crippen molar-refractivity contribution >= 4 is 17.7 Å². The van der Waals surface area contributed by atoms with Crippen LogP contribution in [0, 0.1) is 6.92 Å². The molecule has 29 heavy (non-hydrogen) atoms. The molecule has 6 heteroatoms. The van der Waals surface area contributed by atoms with Crippen molar-refractivity contribution < 1.29 is 14.3 Å². The van der Waals surface area contributed by atoms with E-state index in [1.54, 1.807) is 12.1 Å². The molecule has 1 aliphatic rings. The van der Waals surface area contributed by atoms with Gasteiger partial charge in [0.25, 0.3) is 0 Å². The van der Waals surface area contributed by atoms with E-state index in [-0.39, 0.29) is 24.1 Å². The molecule has 2 amide bonds. The van der Waals surface area contributed by atoms with Gasteiger partial charge in [-0.3, -0.25) is 4.90 Å². The van der Waals surface area contributed by atoms with Crippen molar-refractivity contribution in [3.8, 4) is 0 Å². The number of nitrogens with zero attached hydrogens (tertiary/aromatic N) is 2. The summed E-state index contributed by atoms with van der Waals surface area (Å²) in [5.74, 6) is -0.327. The molecule has 0 bridgehead atoms. The van der Waals surface area contributed by atoms with E-state index in [2.05, 4.69) is 24.1 Å². The Hall–Kier alpha value is -2.86. The predicted molar refractivity (Wildman–Crippen MR) is 114 cm³/mol. The molecule has 1 saturated heterocycles. The van der Waals surface area contributed by atoms with Gasteiger partial charge in [0.05, 0.1) is 12.7 Å². The quantitative estimate of drug-likeness (QED) is 0.798. The van der Waals surface area contributed by atoms with E-state index in [0.29, 0.717) is 18.7 Å². The van der Waals surface area contributed by atoms with E-state index >= 15 is 0 Å². The summed E-state index contributed by atoms with van der Waals surface area (Å²) in [4.78, 5) is 28.6. The Morgan fingerprint density at radius 2 is 1.66 bits per heavy atom. The summed E-state index contributed by atoms with van der Waals surface area (Å²) in [7, 11) is 1.38. The van der Waals surface area contributed by atoms with Crippen LogP contribution >= 0.6 is 0 Å². The highest BCUT2D eigenvalue weighted by molar-refractivity contribution is 5.90. The van der Waals surface area contributed by atoms with Crippen molar-refractivity contribution in [3.63, 3.8) is 0 Å². The minimum Gasteiger partial charge on any atom is -0.465 e. The number of urea groups is 1. The molecule has 154 valence electrons. The second kappa shape index (κ2) is 9.09. The van der Waals surface area contributed by atoms with Crippen LogP contribution in [0.5, 0.6) is 0 Å². The molecule has 0 aliphatic carbocycles. The lowest BCUT2D eigenvalue weighted by Gasteiger charge is -2.44. The number of piperazine rings is 1. The Balaban J connectivity index is 1.61. The van der Waals surface area contributed by atoms with E-state index in [0.717, 1.165) is 23.4 Å². The third-order valence-corrected chi connectivity index (χ3v) is 5.52. The Kier molecular flexibility index (Phi) is 6.54. The average molecular weight is 396 g/mol. The van der Waals surface area contributed by atoms with Gasteiger partial charge in [0.15, 0.2) is 0 Å². The van der Waals surface area contributed by atoms with Gasteiger partial charge in [-0.25, -0.2) is 9.59 Å². The average Bonchev–Trinajstić information content (AvgIpc) is 2.72. The van der Waals surface area contributed by atoms with Crippen molar-refractivity contribution in [2.24, 2.45) is 0 Å². The highest BCUT2D eigenvalue weighted by atomic mass is 16.5. The highest BCUT2D eigenvalue weighted by Gasteiger charge is 2.31. The number of nitrogens with one attached hydrogen (secondary N) is 1. The van der Waals surface area contributed by atoms with Gasteiger partial charge in [-0.2, -0.15) is 0 Å². The first-order valence-electron chi connectivity index (χ1n) is 9.93. The molecular weight excluding hydrogens is 366 g/mol. The SMILES string of the molecule is COC(=O)c1ccc(CN2[C@H](C)CN(C(=O)Nc3ccccc3C)C[C@@H]2C)cc1. The van der Waals surface area contributed by atoms with E-state index in [1.165, 1.54) is 7.11 Å². The van der Waals surface area contributed by atoms with Crippen LogP contribution < -0.4 is 5.32 Å². The predicted octanol–water partition coefficient (Wildman–Crippen LogP) is 3.91. The second-order valence-corrected chi connectivity index (χ2v) is 7.71. The molecule has 3 rings (SSSR count). The molecule has 1 fully saturated rings. The van der Waals surface area contributed by atoms with Gasteiger partial charge < -0.3 is 15.0 Å². The molecule has 2 aromatic carbocycles. The molecule has 1 heterocycles. The lowest BCUT2D eigenvalue weighted by molar-refractivity contribution is 0.0525. The number of hydrogen-bond donors (Lipinski definition) is 1. The molecule has 0 spiro atoms. The van der Waals surface area contributed by atoms with E-state index < -0.39 is 0 Å². The van der Waals surface area contributed by atoms with Crippen LogP contribution in [0.25, 0.3) is 0 Å². The molecule has 0 radical (unpaired) electrons. The summed E-state index contributed by atoms with van der Waals surface area (Å²) in [5.41, 5.74) is 3.59. The highest BCUT2D eigenvalue weighted by Crippen LogP contribution is 2.21. The zero-order chi connectivity index (χ0) is 21.0. The van der Waals surface area contributed by atoms with Crippen LogP contribution in [0.3, 0.4) is 0 Å². The number of methoxy groups -OCH3 is 1. The zero-order valence-electron chi connectivity index (χ0n) is 17.5. The number of rotatable bonds is 4. The summed E-state index contributed by atoms with van der Waals surface area (Å²) < 4.78 is 4.75. The summed E-state index contributed by atoms with van der Waals surface area (Å²) in [5, 5.41) is 3.03. The zero-order valence-corrected chi connectivity index (χ0v) is 17.5. The Bertz CT molecular complexity index is 854. The first kappa shape index (κ1) is 20.9. The maximum Gasteiger partial charge on any atom is 0.337 e. The monoisotopic (exact) mass is 395 g/mol. The Morgan fingerprint density at radius 3 is 2.24 bits per heavy atom. The van der Waals surface area contributed by atoms with Gasteiger partial charge >= 0.3 is 12.0 Å². The van der Waals surface area contributed by atoms with Gasteiger partial charge in [-0.1, -0.05) is 30.3 Å². The van der Waals surface area contributed by atoms with Crippen LogP contribution in [-0.2, 0) is 11.3 Å². The third kappa shape index (κ3) is 4.95. The molecule has 6 nitrogen and oxygen atoms in total. The third-order valence-electron chi connectivity index (χ3n) is 5.52. The molecule has 1 N–H and O–H groups in total. The van der Waals surface area contributed by atoms with Crippen molar-refractivity contribution in [2.75, 3.05) is 25.5 Å². The van der Waals surface area contributed by atoms with Crippen molar-refractivity contribution in [1.29, 1.82) is 0 Å². The molecule has 0 unspecified atom stereocenters. The minimum atomic E-state index is -0.327. The minimum absolute atomic E-state index is 0.0555. The number of esters is 1. The lowest BCUT2D eigenvalue weighted by Crippen LogP contribution is -2.58. The summed E-state index contributed by atoms with van der Waals surface area (Å²) >= 11 is 0. The van der Waals surface area contributed by atoms with Crippen LogP contribution in [-0.4, -0.2) is 54.1 Å². The van der Waals surface area contributed by atoms with Gasteiger partial charge in [-0.05, 0) is 50.1 Å². The van der Waals surface area contributed by atoms with Crippen LogP contribution in [0.1, 0.15) is 35.3 Å². The van der Waals surface area contributed by atoms with Crippen LogP contribution in [0.2, 0.25) is 0 Å². The number of aryl methyl sites for hydroxylation is 1. The molecule has 0 saturated carbocycles. The fraction of sp³-hybridized carbons (Fsp3) is 0.391. The van der Waals surface area contributed by atoms with Gasteiger partial charge in [0.2, 0.25) is 0 Å². The van der Waals surface area contributed by atoms with Crippen molar-refractivity contribution in [3.05, 3.63) is 65.2 Å². The van der Waals surface area contributed by atoms with Gasteiger partial charge in [0.1, 0.15) is 0 Å². The molecular formula is C23H29N3O3. The largest absolute Gasteiger partial charge is 0.465 e. The standard InChI is InChI=1S/C23H29N3O3/c1-16-7-5-6-8-21(16)24-23(28)25-13-17(2)26(18(3)14-25)15-19-9-11-20(12-10-19)22(27)29-4/h5-12,17-18H,13-15H2,1-4H3,(H,24,28)/t17-,18+. The fourth-order valence-electron chi connectivity index (χ4n) is 3.82. The van der Waals surface area contributed by atoms with E-state index in [9.17, 15) is 9.59 Å². The Morgan fingerprint density at radius 1 is 1.03 bits per heavy atom. The van der Waals surface area contributed by atoms with E-state index in [1.807, 2.05) is 48.2 Å². The van der Waals surface area contributed by atoms with Gasteiger partial charge in [0, 0.05) is 37.4 Å². The number of amides is 2. The molecule has 1 aliphatic heterocycles. The number of anilines is 1. The number of hydrogen-bond acceptors (Lipinski definition) is 4. The number of benzene rings is 2. The topological polar surface area (TPSA) is 61.9 Å². The molecule has 0 aromatic heterocycles. The maximum absolute atomic E-state index is 12.8. The van der Waals surface area contributed by atoms with Crippen LogP contribution in [0.15, 0.2) is 48.5 Å². The Labute approximate surface area is 172 Å². The summed E-state index contributed by atoms with van der Waals surface area (Å²) in [6.45, 7) is 8.39. The van der Waals surface area contributed by atoms with E-state index in [4.69, 9.17) is 4.74 Å². The van der Waals surface area contributed by atoms with Crippen molar-refractivity contribution in [2.45, 2.75) is 39.4 Å². The second-order valence-electron chi connectivity index (χ2n) is 7.71. The smallest absolute Gasteiger partial charge is 0.337 e. The number of carbonyl (C=O) groups is 2. The lowest BCUT2D eigenvalue weighted by atomic mass is 10.1. The normalized spacial score (nSPS) is 19.7. The van der Waals surface area contributed by atoms with Crippen LogP contribution in [0.4, 0.5) is 10.5 Å². The number of para-hydroxylation sites is 1. The maximum atomic E-state index is 12.8. The molecule has 2 atom stereocenters. The fourth-order valence-corrected chi connectivity index (χ4v) is 3.82. The molecule has 2 aromatic rings. The number of carbonyl (C=O) groups excluding carboxylic acids is 2. The van der Waals surface area contributed by atoms with Crippen molar-refractivity contribution in [1.82, 2.24) is 9.80 Å². The summed E-state index contributed by atoms with van der Waals surface area (Å²) in [6.07, 6.45) is 0. The first-order valence-corrected chi connectivity index (χ1v) is 9.93. The first-order chi connectivity index (χ1) is 13.9. The summed E-state index contributed by atoms with van der Waals surface area (Å²) in [6, 6.07) is 15.7. The van der Waals surface area contributed by atoms with Gasteiger partial charge in [-0.15, -0.1) is 0 Å².